The summed E-state index contributed by atoms with van der Waals surface area (Å²) in [5.41, 5.74) is 2.19. The van der Waals surface area contributed by atoms with E-state index in [2.05, 4.69) is 18.0 Å². The molecule has 0 fully saturated rings. The number of aromatic amines is 1. The smallest absolute Gasteiger partial charge is 0.302 e. The summed E-state index contributed by atoms with van der Waals surface area (Å²) in [6.07, 6.45) is 8.28. The molecule has 1 aromatic carbocycles. The van der Waals surface area contributed by atoms with Crippen molar-refractivity contribution in [2.75, 3.05) is 7.11 Å². The predicted octanol–water partition coefficient (Wildman–Crippen LogP) is 4.60. The van der Waals surface area contributed by atoms with Crippen LogP contribution in [0, 0.1) is 5.92 Å². The van der Waals surface area contributed by atoms with Crippen molar-refractivity contribution in [3.8, 4) is 11.5 Å². The van der Waals surface area contributed by atoms with Gasteiger partial charge < -0.3 is 19.6 Å². The van der Waals surface area contributed by atoms with Gasteiger partial charge in [0.25, 0.3) is 0 Å². The van der Waals surface area contributed by atoms with Gasteiger partial charge in [0.1, 0.15) is 11.9 Å². The quantitative estimate of drug-likeness (QED) is 0.467. The Bertz CT molecular complexity index is 800. The van der Waals surface area contributed by atoms with Gasteiger partial charge in [-0.1, -0.05) is 19.4 Å². The van der Waals surface area contributed by atoms with Crippen LogP contribution in [-0.2, 0) is 27.2 Å². The van der Waals surface area contributed by atoms with E-state index >= 15 is 0 Å². The van der Waals surface area contributed by atoms with Crippen molar-refractivity contribution < 1.29 is 24.2 Å². The topological polar surface area (TPSA) is 88.6 Å². The summed E-state index contributed by atoms with van der Waals surface area (Å²) in [7, 11) is 1.49. The number of aryl methyl sites for hydroxylation is 1. The van der Waals surface area contributed by atoms with E-state index in [4.69, 9.17) is 9.47 Å². The second-order valence-electron chi connectivity index (χ2n) is 7.76. The Balaban J connectivity index is 1.86. The molecule has 0 saturated heterocycles. The minimum Gasteiger partial charge on any atom is -0.504 e. The molecule has 6 nitrogen and oxygen atoms in total. The van der Waals surface area contributed by atoms with Crippen LogP contribution < -0.4 is 4.74 Å². The Morgan fingerprint density at radius 2 is 1.97 bits per heavy atom. The molecule has 1 heterocycles. The number of hydrogen-bond acceptors (Lipinski definition) is 5. The average molecular weight is 416 g/mol. The standard InChI is InChI=1S/C24H33NO5/c1-4-18(13-20-11-12-25-16-20)6-9-22(30-17(2)26)15-21(27)8-5-19-7-10-23(28)24(14-19)29-3/h7,10-12,14,16,18,22,25,28H,4-6,8-9,13,15H2,1-3H3. The number of H-pyrrole nitrogens is 1. The Labute approximate surface area is 178 Å². The van der Waals surface area contributed by atoms with Crippen LogP contribution in [0.5, 0.6) is 11.5 Å². The minimum atomic E-state index is -0.385. The van der Waals surface area contributed by atoms with Gasteiger partial charge in [-0.2, -0.15) is 0 Å². The monoisotopic (exact) mass is 415 g/mol. The number of phenols is 1. The summed E-state index contributed by atoms with van der Waals surface area (Å²) in [4.78, 5) is 27.1. The van der Waals surface area contributed by atoms with Gasteiger partial charge in [0.05, 0.1) is 7.11 Å². The lowest BCUT2D eigenvalue weighted by Gasteiger charge is -2.20. The van der Waals surface area contributed by atoms with Crippen LogP contribution >= 0.6 is 0 Å². The number of rotatable bonds is 13. The number of benzene rings is 1. The van der Waals surface area contributed by atoms with Gasteiger partial charge in [-0.05, 0) is 60.9 Å². The third-order valence-electron chi connectivity index (χ3n) is 5.39. The van der Waals surface area contributed by atoms with Crippen LogP contribution in [0.15, 0.2) is 36.7 Å². The summed E-state index contributed by atoms with van der Waals surface area (Å²) in [5, 5.41) is 9.68. The van der Waals surface area contributed by atoms with E-state index in [9.17, 15) is 14.7 Å². The minimum absolute atomic E-state index is 0.0620. The first-order valence-electron chi connectivity index (χ1n) is 10.6. The molecule has 0 aliphatic carbocycles. The largest absolute Gasteiger partial charge is 0.504 e. The molecule has 0 bridgehead atoms. The van der Waals surface area contributed by atoms with E-state index in [-0.39, 0.29) is 30.0 Å². The van der Waals surface area contributed by atoms with Crippen molar-refractivity contribution in [3.63, 3.8) is 0 Å². The SMILES string of the molecule is CCC(CCC(CC(=O)CCc1ccc(O)c(OC)c1)OC(C)=O)Cc1cc[nH]c1. The number of nitrogens with one attached hydrogen (secondary N) is 1. The summed E-state index contributed by atoms with van der Waals surface area (Å²) in [5.74, 6) is 0.665. The van der Waals surface area contributed by atoms with Crippen molar-refractivity contribution in [2.45, 2.75) is 64.9 Å². The van der Waals surface area contributed by atoms with Gasteiger partial charge >= 0.3 is 5.97 Å². The van der Waals surface area contributed by atoms with Crippen LogP contribution in [0.1, 0.15) is 57.1 Å². The first kappa shape index (κ1) is 23.5. The second-order valence-corrected chi connectivity index (χ2v) is 7.76. The summed E-state index contributed by atoms with van der Waals surface area (Å²) < 4.78 is 10.5. The fourth-order valence-electron chi connectivity index (χ4n) is 3.65. The molecule has 2 atom stereocenters. The number of esters is 1. The van der Waals surface area contributed by atoms with Gasteiger partial charge in [-0.3, -0.25) is 9.59 Å². The second kappa shape index (κ2) is 12.1. The maximum absolute atomic E-state index is 12.5. The Morgan fingerprint density at radius 1 is 1.17 bits per heavy atom. The number of phenolic OH excluding ortho intramolecular Hbond substituents is 1. The van der Waals surface area contributed by atoms with Crippen molar-refractivity contribution in [3.05, 3.63) is 47.8 Å². The number of carbonyl (C=O) groups is 2. The lowest BCUT2D eigenvalue weighted by Crippen LogP contribution is -2.22. The predicted molar refractivity (Wildman–Crippen MR) is 116 cm³/mol. The molecule has 0 radical (unpaired) electrons. The molecule has 2 unspecified atom stereocenters. The molecular weight excluding hydrogens is 382 g/mol. The zero-order chi connectivity index (χ0) is 21.9. The van der Waals surface area contributed by atoms with E-state index < -0.39 is 0 Å². The van der Waals surface area contributed by atoms with Crippen molar-refractivity contribution in [1.82, 2.24) is 4.98 Å². The summed E-state index contributed by atoms with van der Waals surface area (Å²) in [6, 6.07) is 7.16. The van der Waals surface area contributed by atoms with Crippen molar-refractivity contribution in [1.29, 1.82) is 0 Å². The van der Waals surface area contributed by atoms with Crippen molar-refractivity contribution >= 4 is 11.8 Å². The highest BCUT2D eigenvalue weighted by Crippen LogP contribution is 2.27. The number of Topliss-reactive ketones (excluding diaryl/α,β-unsaturated/α-hetero) is 1. The third kappa shape index (κ3) is 7.93. The molecule has 164 valence electrons. The first-order valence-corrected chi connectivity index (χ1v) is 10.6. The summed E-state index contributed by atoms with van der Waals surface area (Å²) >= 11 is 0. The van der Waals surface area contributed by atoms with Gasteiger partial charge in [0.2, 0.25) is 0 Å². The number of ketones is 1. The van der Waals surface area contributed by atoms with E-state index in [1.807, 2.05) is 12.4 Å². The van der Waals surface area contributed by atoms with Gasteiger partial charge in [-0.15, -0.1) is 0 Å². The van der Waals surface area contributed by atoms with E-state index in [0.717, 1.165) is 24.8 Å². The van der Waals surface area contributed by atoms with Gasteiger partial charge in [0, 0.05) is 32.2 Å². The van der Waals surface area contributed by atoms with Crippen LogP contribution in [0.4, 0.5) is 0 Å². The molecule has 2 N–H and O–H groups in total. The highest BCUT2D eigenvalue weighted by Gasteiger charge is 2.19. The zero-order valence-electron chi connectivity index (χ0n) is 18.1. The molecule has 0 aliphatic heterocycles. The highest BCUT2D eigenvalue weighted by atomic mass is 16.5. The number of ether oxygens (including phenoxy) is 2. The van der Waals surface area contributed by atoms with Crippen LogP contribution in [0.3, 0.4) is 0 Å². The Morgan fingerprint density at radius 3 is 2.60 bits per heavy atom. The number of aromatic nitrogens is 1. The number of aromatic hydroxyl groups is 1. The molecule has 0 spiro atoms. The fraction of sp³-hybridized carbons (Fsp3) is 0.500. The van der Waals surface area contributed by atoms with Gasteiger partial charge in [-0.25, -0.2) is 0 Å². The average Bonchev–Trinajstić information content (AvgIpc) is 3.23. The lowest BCUT2D eigenvalue weighted by atomic mass is 9.91. The van der Waals surface area contributed by atoms with Crippen LogP contribution in [0.2, 0.25) is 0 Å². The van der Waals surface area contributed by atoms with E-state index in [0.29, 0.717) is 30.9 Å². The first-order chi connectivity index (χ1) is 14.4. The molecular formula is C24H33NO5. The summed E-state index contributed by atoms with van der Waals surface area (Å²) in [6.45, 7) is 3.55. The fourth-order valence-corrected chi connectivity index (χ4v) is 3.65. The number of carbonyl (C=O) groups excluding carboxylic acids is 2. The van der Waals surface area contributed by atoms with E-state index in [1.54, 1.807) is 18.2 Å². The molecule has 0 saturated carbocycles. The third-order valence-corrected chi connectivity index (χ3v) is 5.39. The van der Waals surface area contributed by atoms with Gasteiger partial charge in [0.15, 0.2) is 11.5 Å². The molecule has 0 aliphatic rings. The number of hydrogen-bond donors (Lipinski definition) is 2. The Kier molecular flexibility index (Phi) is 9.45. The maximum atomic E-state index is 12.5. The Hall–Kier alpha value is -2.76. The molecule has 30 heavy (non-hydrogen) atoms. The molecule has 2 aromatic rings. The molecule has 6 heteroatoms. The molecule has 2 rings (SSSR count). The van der Waals surface area contributed by atoms with Crippen molar-refractivity contribution in [2.24, 2.45) is 5.92 Å². The molecule has 1 aromatic heterocycles. The van der Waals surface area contributed by atoms with Crippen LogP contribution in [-0.4, -0.2) is 35.1 Å². The molecule has 0 amide bonds. The normalized spacial score (nSPS) is 12.9. The van der Waals surface area contributed by atoms with Crippen LogP contribution in [0.25, 0.3) is 0 Å². The zero-order valence-corrected chi connectivity index (χ0v) is 18.1. The number of methoxy groups -OCH3 is 1. The highest BCUT2D eigenvalue weighted by molar-refractivity contribution is 5.79. The lowest BCUT2D eigenvalue weighted by molar-refractivity contribution is -0.148. The maximum Gasteiger partial charge on any atom is 0.302 e. The van der Waals surface area contributed by atoms with E-state index in [1.165, 1.54) is 19.6 Å².